The Hall–Kier alpha value is 0.598. The molecule has 0 spiro atoms. The number of rotatable bonds is 2. The molecule has 0 saturated heterocycles. The van der Waals surface area contributed by atoms with E-state index in [0.29, 0.717) is 0 Å². The van der Waals surface area contributed by atoms with E-state index in [-0.39, 0.29) is 20.2 Å². The molecule has 0 aliphatic heterocycles. The first-order valence-electron chi connectivity index (χ1n) is 1.46. The SMILES string of the molecule is O=P([O-])([O-])OP(=O)([O-])[O-].[Be+2].[Be+2]. The number of hydrogen-bond donors (Lipinski definition) is 0. The van der Waals surface area contributed by atoms with Crippen molar-refractivity contribution in [2.24, 2.45) is 0 Å². The molecule has 11 heteroatoms. The molecule has 7 nitrogen and oxygen atoms in total. The molecule has 11 heavy (non-hydrogen) atoms. The zero-order chi connectivity index (χ0) is 7.71. The molecule has 0 aromatic carbocycles. The van der Waals surface area contributed by atoms with Crippen LogP contribution in [0.15, 0.2) is 0 Å². The summed E-state index contributed by atoms with van der Waals surface area (Å²) in [5, 5.41) is 0. The summed E-state index contributed by atoms with van der Waals surface area (Å²) in [6.07, 6.45) is 0. The predicted octanol–water partition coefficient (Wildman–Crippen LogP) is -4.10. The van der Waals surface area contributed by atoms with Gasteiger partial charge in [0.25, 0.3) is 0 Å². The Bertz CT molecular complexity index is 155. The van der Waals surface area contributed by atoms with E-state index in [4.69, 9.17) is 0 Å². The molecule has 0 heterocycles. The van der Waals surface area contributed by atoms with Crippen LogP contribution in [0.4, 0.5) is 0 Å². The normalized spacial score (nSPS) is 11.3. The van der Waals surface area contributed by atoms with Crippen LogP contribution in [0.1, 0.15) is 0 Å². The van der Waals surface area contributed by atoms with Crippen molar-refractivity contribution in [1.29, 1.82) is 0 Å². The Kier molecular flexibility index (Phi) is 8.46. The Morgan fingerprint density at radius 3 is 1.00 bits per heavy atom. The second kappa shape index (κ2) is 5.28. The Morgan fingerprint density at radius 1 is 0.818 bits per heavy atom. The van der Waals surface area contributed by atoms with Gasteiger partial charge in [0.1, 0.15) is 0 Å². The van der Waals surface area contributed by atoms with Gasteiger partial charge in [-0.05, 0) is 0 Å². The Morgan fingerprint density at radius 2 is 1.00 bits per heavy atom. The maximum absolute atomic E-state index is 9.32. The Labute approximate surface area is 69.7 Å². The van der Waals surface area contributed by atoms with Crippen LogP contribution in [0.2, 0.25) is 0 Å². The molecule has 0 amide bonds. The van der Waals surface area contributed by atoms with Crippen LogP contribution < -0.4 is 19.6 Å². The zero-order valence-corrected chi connectivity index (χ0v) is 6.96. The van der Waals surface area contributed by atoms with Crippen molar-refractivity contribution in [1.82, 2.24) is 0 Å². The third-order valence-corrected chi connectivity index (χ3v) is 1.80. The fraction of sp³-hybridized carbons (Fsp3) is 0. The van der Waals surface area contributed by atoms with Gasteiger partial charge in [-0.2, -0.15) is 0 Å². The molecule has 0 radical (unpaired) electrons. The molecule has 0 aromatic rings. The smallest absolute Gasteiger partial charge is 0.790 e. The van der Waals surface area contributed by atoms with Crippen LogP contribution in [0.25, 0.3) is 0 Å². The fourth-order valence-electron chi connectivity index (χ4n) is 0.122. The van der Waals surface area contributed by atoms with Crippen molar-refractivity contribution < 1.29 is 33.0 Å². The quantitative estimate of drug-likeness (QED) is 0.320. The molecule has 0 saturated carbocycles. The van der Waals surface area contributed by atoms with E-state index in [0.717, 1.165) is 0 Å². The van der Waals surface area contributed by atoms with Gasteiger partial charge in [-0.25, -0.2) is 0 Å². The largest absolute Gasteiger partial charge is 2.00 e. The van der Waals surface area contributed by atoms with Crippen molar-refractivity contribution in [3.63, 3.8) is 0 Å². The molecule has 56 valence electrons. The molecule has 0 atom stereocenters. The number of hydrogen-bond acceptors (Lipinski definition) is 7. The van der Waals surface area contributed by atoms with E-state index in [2.05, 4.69) is 4.31 Å². The molecule has 0 aliphatic rings. The molecule has 0 aromatic heterocycles. The topological polar surface area (TPSA) is 136 Å². The molecule has 0 fully saturated rings. The van der Waals surface area contributed by atoms with E-state index in [1.807, 2.05) is 0 Å². The zero-order valence-electron chi connectivity index (χ0n) is 5.17. The van der Waals surface area contributed by atoms with E-state index >= 15 is 0 Å². The second-order valence-electron chi connectivity index (χ2n) is 0.976. The van der Waals surface area contributed by atoms with Gasteiger partial charge in [-0.1, -0.05) is 0 Å². The first-order valence-corrected chi connectivity index (χ1v) is 4.38. The van der Waals surface area contributed by atoms with Gasteiger partial charge in [-0.15, -0.1) is 0 Å². The minimum atomic E-state index is -5.68. The minimum absolute atomic E-state index is 0. The van der Waals surface area contributed by atoms with E-state index in [1.165, 1.54) is 0 Å². The van der Waals surface area contributed by atoms with Crippen LogP contribution >= 0.6 is 15.6 Å². The van der Waals surface area contributed by atoms with Crippen LogP contribution in [0.3, 0.4) is 0 Å². The molecule has 0 rings (SSSR count). The Balaban J connectivity index is -0.000000320. The van der Waals surface area contributed by atoms with E-state index in [9.17, 15) is 28.7 Å². The van der Waals surface area contributed by atoms with Gasteiger partial charge < -0.3 is 33.0 Å². The molecule has 0 unspecified atom stereocenters. The van der Waals surface area contributed by atoms with Gasteiger partial charge in [0.15, 0.2) is 0 Å². The van der Waals surface area contributed by atoms with Crippen LogP contribution in [0.5, 0.6) is 0 Å². The molecule has 0 N–H and O–H groups in total. The van der Waals surface area contributed by atoms with Crippen molar-refractivity contribution in [3.05, 3.63) is 0 Å². The van der Waals surface area contributed by atoms with Crippen molar-refractivity contribution >= 4 is 35.9 Å². The average molecular weight is 192 g/mol. The van der Waals surface area contributed by atoms with Crippen molar-refractivity contribution in [2.75, 3.05) is 0 Å². The first-order chi connectivity index (χ1) is 3.71. The summed E-state index contributed by atoms with van der Waals surface area (Å²) in [4.78, 5) is 37.3. The van der Waals surface area contributed by atoms with Crippen LogP contribution in [-0.4, -0.2) is 20.2 Å². The fourth-order valence-corrected chi connectivity index (χ4v) is 1.10. The summed E-state index contributed by atoms with van der Waals surface area (Å²) < 4.78 is 21.2. The van der Waals surface area contributed by atoms with Gasteiger partial charge >= 0.3 is 20.2 Å². The third-order valence-electron chi connectivity index (χ3n) is 0.200. The molecule has 0 bridgehead atoms. The summed E-state index contributed by atoms with van der Waals surface area (Å²) in [6, 6.07) is 0. The summed E-state index contributed by atoms with van der Waals surface area (Å²) >= 11 is 0. The summed E-state index contributed by atoms with van der Waals surface area (Å²) in [7, 11) is -11.4. The molecule has 0 aliphatic carbocycles. The van der Waals surface area contributed by atoms with Gasteiger partial charge in [0, 0.05) is 0 Å². The van der Waals surface area contributed by atoms with E-state index < -0.39 is 15.6 Å². The van der Waals surface area contributed by atoms with Crippen molar-refractivity contribution in [2.45, 2.75) is 0 Å². The van der Waals surface area contributed by atoms with E-state index in [1.54, 1.807) is 0 Å². The van der Waals surface area contributed by atoms with Crippen LogP contribution in [-0.2, 0) is 13.4 Å². The van der Waals surface area contributed by atoms with Gasteiger partial charge in [-0.3, -0.25) is 0 Å². The molecular weight excluding hydrogens is 192 g/mol. The predicted molar refractivity (Wildman–Crippen MR) is 27.8 cm³/mol. The van der Waals surface area contributed by atoms with Crippen molar-refractivity contribution in [3.8, 4) is 0 Å². The summed E-state index contributed by atoms with van der Waals surface area (Å²) in [5.41, 5.74) is 0. The number of phosphoric acid groups is 2. The third kappa shape index (κ3) is 18.0. The summed E-state index contributed by atoms with van der Waals surface area (Å²) in [6.45, 7) is 0. The van der Waals surface area contributed by atoms with Gasteiger partial charge in [0.05, 0.1) is 15.6 Å². The maximum Gasteiger partial charge on any atom is 2.00 e. The monoisotopic (exact) mass is 192 g/mol. The second-order valence-corrected chi connectivity index (χ2v) is 3.42. The molecular formula is Be2O7P2. The van der Waals surface area contributed by atoms with Gasteiger partial charge in [0.2, 0.25) is 0 Å². The first kappa shape index (κ1) is 17.6. The average Bonchev–Trinajstić information content (AvgIpc) is 1.14. The summed E-state index contributed by atoms with van der Waals surface area (Å²) in [5.74, 6) is 0. The minimum Gasteiger partial charge on any atom is -0.790 e. The maximum atomic E-state index is 9.32. The standard InChI is InChI=1S/2Be.H4O7P2/c;;1-8(2,3)7-9(4,5)6/h;;(H2,1,2,3)(H2,4,5,6)/q2*+2;/p-4. The van der Waals surface area contributed by atoms with Crippen LogP contribution in [0, 0.1) is 0 Å².